The second kappa shape index (κ2) is 12.6. The SMILES string of the molecule is CN(C)C(/C=C/CN[C@H]1CNC[C@H](Nc2ncc(Cl)c(-c3c[nH]c4ccccc34)n2)C1)c1ccccc1C(N)=O. The van der Waals surface area contributed by atoms with Crippen LogP contribution in [0.2, 0.25) is 5.02 Å². The van der Waals surface area contributed by atoms with E-state index in [2.05, 4.69) is 49.0 Å². The van der Waals surface area contributed by atoms with E-state index in [0.29, 0.717) is 28.8 Å². The van der Waals surface area contributed by atoms with Crippen molar-refractivity contribution in [3.05, 3.63) is 89.2 Å². The topological polar surface area (TPSA) is 124 Å². The van der Waals surface area contributed by atoms with Crippen LogP contribution in [-0.2, 0) is 0 Å². The summed E-state index contributed by atoms with van der Waals surface area (Å²) in [6.45, 7) is 2.38. The van der Waals surface area contributed by atoms with E-state index in [-0.39, 0.29) is 18.1 Å². The molecule has 1 unspecified atom stereocenters. The minimum atomic E-state index is -0.418. The molecule has 0 aliphatic carbocycles. The molecule has 6 N–H and O–H groups in total. The van der Waals surface area contributed by atoms with E-state index in [4.69, 9.17) is 22.3 Å². The molecule has 2 aromatic carbocycles. The Hall–Kier alpha value is -3.76. The lowest BCUT2D eigenvalue weighted by Crippen LogP contribution is -2.51. The van der Waals surface area contributed by atoms with Crippen molar-refractivity contribution < 1.29 is 4.79 Å². The number of aromatic amines is 1. The smallest absolute Gasteiger partial charge is 0.249 e. The molecule has 3 heterocycles. The molecule has 2 aromatic heterocycles. The standard InChI is InChI=1S/C30H35ClN8O/c1-39(2)27(22-9-3-4-10-23(22)29(32)40)12-7-13-34-19-14-20(16-33-15-19)37-30-36-18-25(31)28(38-30)24-17-35-26-11-6-5-8-21(24)26/h3-12,17-20,27,33-35H,13-16H2,1-2H3,(H2,32,40)(H,36,37,38)/b12-7+/t19-,20-,27?/m1/s1. The number of nitrogens with one attached hydrogen (secondary N) is 4. The van der Waals surface area contributed by atoms with E-state index >= 15 is 0 Å². The first-order chi connectivity index (χ1) is 19.4. The van der Waals surface area contributed by atoms with Crippen molar-refractivity contribution in [1.29, 1.82) is 0 Å². The van der Waals surface area contributed by atoms with E-state index < -0.39 is 5.91 Å². The number of hydrogen-bond donors (Lipinski definition) is 5. The molecule has 0 spiro atoms. The molecule has 1 amide bonds. The van der Waals surface area contributed by atoms with Crippen LogP contribution < -0.4 is 21.7 Å². The summed E-state index contributed by atoms with van der Waals surface area (Å²) in [4.78, 5) is 26.5. The van der Waals surface area contributed by atoms with Crippen molar-refractivity contribution in [1.82, 2.24) is 30.5 Å². The summed E-state index contributed by atoms with van der Waals surface area (Å²) < 4.78 is 0. The lowest BCUT2D eigenvalue weighted by atomic mass is 9.98. The second-order valence-corrected chi connectivity index (χ2v) is 10.7. The number of H-pyrrole nitrogens is 1. The van der Waals surface area contributed by atoms with Crippen LogP contribution in [0.3, 0.4) is 0 Å². The number of benzene rings is 2. The van der Waals surface area contributed by atoms with Gasteiger partial charge in [0.15, 0.2) is 0 Å². The Morgan fingerprint density at radius 3 is 2.77 bits per heavy atom. The van der Waals surface area contributed by atoms with Crippen LogP contribution in [0, 0.1) is 0 Å². The van der Waals surface area contributed by atoms with Crippen LogP contribution in [0.4, 0.5) is 5.95 Å². The van der Waals surface area contributed by atoms with Crippen molar-refractivity contribution in [3.8, 4) is 11.3 Å². The number of anilines is 1. The number of piperidine rings is 1. The van der Waals surface area contributed by atoms with Crippen molar-refractivity contribution in [2.75, 3.05) is 39.0 Å². The summed E-state index contributed by atoms with van der Waals surface area (Å²) in [5, 5.41) is 12.2. The third-order valence-corrected chi connectivity index (χ3v) is 7.49. The number of amides is 1. The monoisotopic (exact) mass is 558 g/mol. The van der Waals surface area contributed by atoms with Crippen molar-refractivity contribution in [2.24, 2.45) is 5.73 Å². The normalized spacial score (nSPS) is 18.4. The van der Waals surface area contributed by atoms with E-state index in [9.17, 15) is 4.79 Å². The molecule has 208 valence electrons. The number of aromatic nitrogens is 3. The largest absolute Gasteiger partial charge is 0.366 e. The van der Waals surface area contributed by atoms with Gasteiger partial charge in [0.1, 0.15) is 0 Å². The minimum absolute atomic E-state index is 0.0576. The summed E-state index contributed by atoms with van der Waals surface area (Å²) >= 11 is 6.51. The van der Waals surface area contributed by atoms with Gasteiger partial charge in [-0.1, -0.05) is 60.2 Å². The quantitative estimate of drug-likeness (QED) is 0.187. The molecule has 10 heteroatoms. The highest BCUT2D eigenvalue weighted by Gasteiger charge is 2.23. The van der Waals surface area contributed by atoms with Crippen LogP contribution in [0.25, 0.3) is 22.2 Å². The Bertz CT molecular complexity index is 1500. The fraction of sp³-hybridized carbons (Fsp3) is 0.300. The first-order valence-corrected chi connectivity index (χ1v) is 13.8. The number of hydrogen-bond acceptors (Lipinski definition) is 7. The molecule has 1 saturated heterocycles. The predicted octanol–water partition coefficient (Wildman–Crippen LogP) is 3.97. The Kier molecular flexibility index (Phi) is 8.76. The van der Waals surface area contributed by atoms with Gasteiger partial charge in [-0.2, -0.15) is 0 Å². The van der Waals surface area contributed by atoms with Crippen LogP contribution in [-0.4, -0.2) is 71.6 Å². The van der Waals surface area contributed by atoms with E-state index in [1.165, 1.54) is 0 Å². The molecule has 4 aromatic rings. The predicted molar refractivity (Wildman–Crippen MR) is 162 cm³/mol. The third-order valence-electron chi connectivity index (χ3n) is 7.22. The van der Waals surface area contributed by atoms with Gasteiger partial charge < -0.3 is 26.7 Å². The van der Waals surface area contributed by atoms with Gasteiger partial charge >= 0.3 is 0 Å². The number of likely N-dealkylation sites (N-methyl/N-ethyl adjacent to an activating group) is 1. The zero-order chi connectivity index (χ0) is 28.1. The third kappa shape index (κ3) is 6.34. The zero-order valence-corrected chi connectivity index (χ0v) is 23.4. The molecule has 40 heavy (non-hydrogen) atoms. The molecule has 1 aliphatic heterocycles. The molecule has 1 fully saturated rings. The second-order valence-electron chi connectivity index (χ2n) is 10.3. The van der Waals surface area contributed by atoms with Crippen LogP contribution in [0.1, 0.15) is 28.4 Å². The van der Waals surface area contributed by atoms with E-state index in [0.717, 1.165) is 41.5 Å². The van der Waals surface area contributed by atoms with Gasteiger partial charge in [0.25, 0.3) is 0 Å². The lowest BCUT2D eigenvalue weighted by Gasteiger charge is -2.31. The fourth-order valence-electron chi connectivity index (χ4n) is 5.25. The first kappa shape index (κ1) is 27.8. The molecule has 1 aliphatic rings. The summed E-state index contributed by atoms with van der Waals surface area (Å²) in [6, 6.07) is 15.9. The van der Waals surface area contributed by atoms with Crippen LogP contribution in [0.5, 0.6) is 0 Å². The zero-order valence-electron chi connectivity index (χ0n) is 22.7. The number of halogens is 1. The average Bonchev–Trinajstić information content (AvgIpc) is 3.38. The Balaban J connectivity index is 1.20. The summed E-state index contributed by atoms with van der Waals surface area (Å²) in [6.07, 6.45) is 8.72. The van der Waals surface area contributed by atoms with Crippen LogP contribution >= 0.6 is 11.6 Å². The number of primary amides is 1. The highest BCUT2D eigenvalue weighted by molar-refractivity contribution is 6.33. The Labute approximate surface area is 239 Å². The number of carbonyl (C=O) groups excluding carboxylic acids is 1. The van der Waals surface area contributed by atoms with E-state index in [1.807, 2.05) is 56.7 Å². The molecule has 0 bridgehead atoms. The highest BCUT2D eigenvalue weighted by atomic mass is 35.5. The average molecular weight is 559 g/mol. The van der Waals surface area contributed by atoms with Crippen molar-refractivity contribution in [3.63, 3.8) is 0 Å². The highest BCUT2D eigenvalue weighted by Crippen LogP contribution is 2.32. The van der Waals surface area contributed by atoms with E-state index in [1.54, 1.807) is 12.3 Å². The van der Waals surface area contributed by atoms with Gasteiger partial charge in [-0.05, 0) is 38.2 Å². The molecular formula is C30H35ClN8O. The number of nitrogens with two attached hydrogens (primary N) is 1. The number of fused-ring (bicyclic) bond motifs is 1. The van der Waals surface area contributed by atoms with Crippen LogP contribution in [0.15, 0.2) is 73.1 Å². The first-order valence-electron chi connectivity index (χ1n) is 13.4. The summed E-state index contributed by atoms with van der Waals surface area (Å²) in [7, 11) is 3.98. The van der Waals surface area contributed by atoms with Gasteiger partial charge in [0.05, 0.1) is 23.0 Å². The number of para-hydroxylation sites is 1. The van der Waals surface area contributed by atoms with Gasteiger partial charge in [0, 0.05) is 59.9 Å². The van der Waals surface area contributed by atoms with Crippen molar-refractivity contribution >= 4 is 34.4 Å². The number of rotatable bonds is 10. The maximum Gasteiger partial charge on any atom is 0.249 e. The maximum atomic E-state index is 11.9. The summed E-state index contributed by atoms with van der Waals surface area (Å²) in [5.74, 6) is 0.137. The van der Waals surface area contributed by atoms with Gasteiger partial charge in [0.2, 0.25) is 11.9 Å². The van der Waals surface area contributed by atoms with Gasteiger partial charge in [-0.15, -0.1) is 0 Å². The lowest BCUT2D eigenvalue weighted by molar-refractivity contribution is 0.0998. The molecule has 3 atom stereocenters. The number of nitrogens with zero attached hydrogens (tertiary/aromatic N) is 3. The molecule has 5 rings (SSSR count). The summed E-state index contributed by atoms with van der Waals surface area (Å²) in [5.41, 5.74) is 9.74. The minimum Gasteiger partial charge on any atom is -0.366 e. The Morgan fingerprint density at radius 1 is 1.18 bits per heavy atom. The maximum absolute atomic E-state index is 11.9. The molecule has 0 radical (unpaired) electrons. The Morgan fingerprint density at radius 2 is 1.95 bits per heavy atom. The van der Waals surface area contributed by atoms with Crippen molar-refractivity contribution in [2.45, 2.75) is 24.5 Å². The van der Waals surface area contributed by atoms with Gasteiger partial charge in [-0.3, -0.25) is 9.69 Å². The fourth-order valence-corrected chi connectivity index (χ4v) is 5.44. The molecule has 9 nitrogen and oxygen atoms in total. The van der Waals surface area contributed by atoms with Gasteiger partial charge in [-0.25, -0.2) is 9.97 Å². The molecular weight excluding hydrogens is 524 g/mol. The molecule has 0 saturated carbocycles. The number of carbonyl (C=O) groups is 1.